The Labute approximate surface area is 83.2 Å². The summed E-state index contributed by atoms with van der Waals surface area (Å²) in [5.74, 6) is -1.000. The lowest BCUT2D eigenvalue weighted by Crippen LogP contribution is -1.97. The fourth-order valence-corrected chi connectivity index (χ4v) is 2.85. The largest absolute Gasteiger partial charge is 0.481 e. The van der Waals surface area contributed by atoms with Crippen LogP contribution < -0.4 is 0 Å². The van der Waals surface area contributed by atoms with E-state index < -0.39 is 15.0 Å². The Bertz CT molecular complexity index is 420. The molecule has 0 aliphatic carbocycles. The fourth-order valence-electron chi connectivity index (χ4n) is 0.733. The van der Waals surface area contributed by atoms with Gasteiger partial charge in [-0.2, -0.15) is 0 Å². The van der Waals surface area contributed by atoms with Crippen molar-refractivity contribution in [2.24, 2.45) is 0 Å². The lowest BCUT2D eigenvalue weighted by Gasteiger charge is -1.88. The van der Waals surface area contributed by atoms with Crippen molar-refractivity contribution in [3.05, 3.63) is 17.0 Å². The molecule has 0 amide bonds. The summed E-state index contributed by atoms with van der Waals surface area (Å²) >= 11 is 0.867. The van der Waals surface area contributed by atoms with Gasteiger partial charge in [-0.3, -0.25) is 4.79 Å². The predicted molar refractivity (Wildman–Crippen MR) is 48.7 cm³/mol. The Balaban J connectivity index is 2.94. The molecule has 1 rings (SSSR count). The zero-order valence-corrected chi connectivity index (χ0v) is 8.62. The standard InChI is InChI=1S/C6H5ClO4S2/c7-13(10,11)6-2-1-4(12-6)3-5(8)9/h1-2H,3H2,(H,8,9). The average molecular weight is 241 g/mol. The number of hydrogen-bond acceptors (Lipinski definition) is 4. The zero-order chi connectivity index (χ0) is 10.1. The number of carbonyl (C=O) groups is 1. The van der Waals surface area contributed by atoms with E-state index in [9.17, 15) is 13.2 Å². The second-order valence-electron chi connectivity index (χ2n) is 2.23. The topological polar surface area (TPSA) is 71.4 Å². The minimum Gasteiger partial charge on any atom is -0.481 e. The Morgan fingerprint density at radius 1 is 1.54 bits per heavy atom. The highest BCUT2D eigenvalue weighted by atomic mass is 35.7. The SMILES string of the molecule is O=C(O)Cc1ccc(S(=O)(=O)Cl)s1. The van der Waals surface area contributed by atoms with Gasteiger partial charge in [-0.05, 0) is 12.1 Å². The molecule has 0 aromatic carbocycles. The second-order valence-corrected chi connectivity index (χ2v) is 6.19. The molecule has 1 heterocycles. The van der Waals surface area contributed by atoms with Crippen molar-refractivity contribution in [2.75, 3.05) is 0 Å². The summed E-state index contributed by atoms with van der Waals surface area (Å²) in [6.07, 6.45) is -0.183. The molecule has 4 nitrogen and oxygen atoms in total. The van der Waals surface area contributed by atoms with Crippen LogP contribution in [0.25, 0.3) is 0 Å². The summed E-state index contributed by atoms with van der Waals surface area (Å²) < 4.78 is 21.5. The van der Waals surface area contributed by atoms with Gasteiger partial charge >= 0.3 is 5.97 Å². The molecule has 0 spiro atoms. The number of hydrogen-bond donors (Lipinski definition) is 1. The quantitative estimate of drug-likeness (QED) is 0.809. The van der Waals surface area contributed by atoms with Crippen LogP contribution in [0.15, 0.2) is 16.3 Å². The first-order valence-electron chi connectivity index (χ1n) is 3.15. The Morgan fingerprint density at radius 2 is 2.15 bits per heavy atom. The van der Waals surface area contributed by atoms with Crippen LogP contribution in [0.1, 0.15) is 4.88 Å². The minimum atomic E-state index is -3.72. The van der Waals surface area contributed by atoms with Gasteiger partial charge in [0, 0.05) is 15.6 Å². The van der Waals surface area contributed by atoms with Crippen molar-refractivity contribution in [1.29, 1.82) is 0 Å². The molecular weight excluding hydrogens is 236 g/mol. The van der Waals surface area contributed by atoms with E-state index in [4.69, 9.17) is 15.8 Å². The van der Waals surface area contributed by atoms with Gasteiger partial charge in [0.25, 0.3) is 9.05 Å². The number of aliphatic carboxylic acids is 1. The van der Waals surface area contributed by atoms with Crippen molar-refractivity contribution in [3.8, 4) is 0 Å². The van der Waals surface area contributed by atoms with Crippen molar-refractivity contribution >= 4 is 37.0 Å². The summed E-state index contributed by atoms with van der Waals surface area (Å²) in [6.45, 7) is 0. The first-order valence-corrected chi connectivity index (χ1v) is 6.27. The molecule has 0 radical (unpaired) electrons. The molecule has 1 aromatic heterocycles. The summed E-state index contributed by atoms with van der Waals surface area (Å²) in [4.78, 5) is 10.7. The van der Waals surface area contributed by atoms with Gasteiger partial charge in [0.2, 0.25) is 0 Å². The highest BCUT2D eigenvalue weighted by Gasteiger charge is 2.13. The third kappa shape index (κ3) is 2.98. The van der Waals surface area contributed by atoms with Gasteiger partial charge in [-0.1, -0.05) is 0 Å². The van der Waals surface area contributed by atoms with Gasteiger partial charge in [0.15, 0.2) is 0 Å². The maximum absolute atomic E-state index is 10.8. The van der Waals surface area contributed by atoms with Gasteiger partial charge < -0.3 is 5.11 Å². The molecule has 13 heavy (non-hydrogen) atoms. The number of halogens is 1. The van der Waals surface area contributed by atoms with Crippen LogP contribution in [-0.2, 0) is 20.3 Å². The molecule has 0 saturated carbocycles. The van der Waals surface area contributed by atoms with Crippen LogP contribution in [0.2, 0.25) is 0 Å². The molecule has 72 valence electrons. The van der Waals surface area contributed by atoms with Crippen molar-refractivity contribution in [1.82, 2.24) is 0 Å². The minimum absolute atomic E-state index is 0.0228. The van der Waals surface area contributed by atoms with Crippen LogP contribution in [0.4, 0.5) is 0 Å². The summed E-state index contributed by atoms with van der Waals surface area (Å²) in [7, 11) is 1.32. The molecular formula is C6H5ClO4S2. The van der Waals surface area contributed by atoms with E-state index >= 15 is 0 Å². The molecule has 0 atom stereocenters. The van der Waals surface area contributed by atoms with Crippen molar-refractivity contribution in [3.63, 3.8) is 0 Å². The van der Waals surface area contributed by atoms with Crippen molar-refractivity contribution in [2.45, 2.75) is 10.6 Å². The van der Waals surface area contributed by atoms with Gasteiger partial charge in [-0.15, -0.1) is 11.3 Å². The molecule has 1 N–H and O–H groups in total. The molecule has 0 bridgehead atoms. The van der Waals surface area contributed by atoms with E-state index in [2.05, 4.69) is 0 Å². The average Bonchev–Trinajstić information content (AvgIpc) is 2.32. The normalized spacial score (nSPS) is 11.5. The zero-order valence-electron chi connectivity index (χ0n) is 6.23. The molecule has 0 fully saturated rings. The highest BCUT2D eigenvalue weighted by molar-refractivity contribution is 8.15. The summed E-state index contributed by atoms with van der Waals surface area (Å²) in [5.41, 5.74) is 0. The first kappa shape index (κ1) is 10.5. The van der Waals surface area contributed by atoms with E-state index in [-0.39, 0.29) is 10.6 Å². The van der Waals surface area contributed by atoms with Gasteiger partial charge in [0.1, 0.15) is 4.21 Å². The maximum Gasteiger partial charge on any atom is 0.308 e. The Hall–Kier alpha value is -0.590. The van der Waals surface area contributed by atoms with Gasteiger partial charge in [0.05, 0.1) is 6.42 Å². The first-order chi connectivity index (χ1) is 5.89. The van der Waals surface area contributed by atoms with E-state index in [0.717, 1.165) is 11.3 Å². The predicted octanol–water partition coefficient (Wildman–Crippen LogP) is 1.30. The smallest absolute Gasteiger partial charge is 0.308 e. The van der Waals surface area contributed by atoms with Crippen LogP contribution >= 0.6 is 22.0 Å². The van der Waals surface area contributed by atoms with E-state index in [1.54, 1.807) is 0 Å². The number of carboxylic acids is 1. The highest BCUT2D eigenvalue weighted by Crippen LogP contribution is 2.24. The van der Waals surface area contributed by atoms with Crippen LogP contribution in [-0.4, -0.2) is 19.5 Å². The van der Waals surface area contributed by atoms with E-state index in [1.807, 2.05) is 0 Å². The van der Waals surface area contributed by atoms with Crippen molar-refractivity contribution < 1.29 is 18.3 Å². The van der Waals surface area contributed by atoms with Crippen LogP contribution in [0.3, 0.4) is 0 Å². The number of carboxylic acid groups (broad SMARTS) is 1. The van der Waals surface area contributed by atoms with Gasteiger partial charge in [-0.25, -0.2) is 8.42 Å². The molecule has 7 heteroatoms. The lowest BCUT2D eigenvalue weighted by molar-refractivity contribution is -0.136. The molecule has 0 aliphatic heterocycles. The number of thiophene rings is 1. The fraction of sp³-hybridized carbons (Fsp3) is 0.167. The monoisotopic (exact) mass is 240 g/mol. The molecule has 1 aromatic rings. The Morgan fingerprint density at radius 3 is 2.54 bits per heavy atom. The Kier molecular flexibility index (Phi) is 2.94. The third-order valence-electron chi connectivity index (χ3n) is 1.20. The molecule has 0 aliphatic rings. The van der Waals surface area contributed by atoms with E-state index in [0.29, 0.717) is 4.88 Å². The lowest BCUT2D eigenvalue weighted by atomic mass is 10.3. The molecule has 0 unspecified atom stereocenters. The summed E-state index contributed by atoms with van der Waals surface area (Å²) in [6, 6.07) is 2.74. The second kappa shape index (κ2) is 3.65. The molecule has 0 saturated heterocycles. The summed E-state index contributed by atoms with van der Waals surface area (Å²) in [5, 5.41) is 8.40. The van der Waals surface area contributed by atoms with Crippen LogP contribution in [0, 0.1) is 0 Å². The van der Waals surface area contributed by atoms with E-state index in [1.165, 1.54) is 12.1 Å². The van der Waals surface area contributed by atoms with Crippen LogP contribution in [0.5, 0.6) is 0 Å². The third-order valence-corrected chi connectivity index (χ3v) is 4.38. The maximum atomic E-state index is 10.8. The number of rotatable bonds is 3.